The molecule has 0 aliphatic heterocycles. The first-order valence-electron chi connectivity index (χ1n) is 5.67. The second kappa shape index (κ2) is 5.49. The molecule has 0 aliphatic rings. The second-order valence-electron chi connectivity index (χ2n) is 4.12. The van der Waals surface area contributed by atoms with Crippen molar-refractivity contribution in [3.05, 3.63) is 64.7 Å². The van der Waals surface area contributed by atoms with Crippen LogP contribution in [0, 0.1) is 29.9 Å². The van der Waals surface area contributed by atoms with Crippen LogP contribution in [0.5, 0.6) is 5.75 Å². The highest BCUT2D eigenvalue weighted by atomic mass is 19.1. The number of rotatable bonds is 3. The first-order chi connectivity index (χ1) is 9.10. The largest absolute Gasteiger partial charge is 0.489 e. The molecule has 0 N–H and O–H groups in total. The van der Waals surface area contributed by atoms with Gasteiger partial charge in [0.2, 0.25) is 0 Å². The van der Waals surface area contributed by atoms with Gasteiger partial charge in [0.15, 0.2) is 0 Å². The number of hydrogen-bond acceptors (Lipinski definition) is 2. The highest BCUT2D eigenvalue weighted by molar-refractivity contribution is 5.34. The van der Waals surface area contributed by atoms with E-state index >= 15 is 0 Å². The fourth-order valence-corrected chi connectivity index (χ4v) is 1.58. The zero-order valence-corrected chi connectivity index (χ0v) is 10.3. The Labute approximate surface area is 109 Å². The summed E-state index contributed by atoms with van der Waals surface area (Å²) in [6.45, 7) is 1.60. The number of benzene rings is 2. The third-order valence-electron chi connectivity index (χ3n) is 2.71. The maximum Gasteiger partial charge on any atom is 0.129 e. The normalized spacial score (nSPS) is 10.0. The molecule has 2 nitrogen and oxygen atoms in total. The zero-order chi connectivity index (χ0) is 13.8. The van der Waals surface area contributed by atoms with Gasteiger partial charge in [0.05, 0.1) is 11.6 Å². The van der Waals surface area contributed by atoms with Gasteiger partial charge in [-0.05, 0) is 36.8 Å². The fraction of sp³-hybridized carbons (Fsp3) is 0.133. The second-order valence-corrected chi connectivity index (χ2v) is 4.12. The monoisotopic (exact) mass is 259 g/mol. The number of hydrogen-bond donors (Lipinski definition) is 0. The summed E-state index contributed by atoms with van der Waals surface area (Å²) < 4.78 is 32.1. The molecular weight excluding hydrogens is 248 g/mol. The smallest absolute Gasteiger partial charge is 0.129 e. The van der Waals surface area contributed by atoms with E-state index in [1.165, 1.54) is 24.3 Å². The molecule has 0 radical (unpaired) electrons. The van der Waals surface area contributed by atoms with Crippen LogP contribution in [0.1, 0.15) is 16.7 Å². The minimum absolute atomic E-state index is 0.0517. The summed E-state index contributed by atoms with van der Waals surface area (Å²) in [6.07, 6.45) is 0. The van der Waals surface area contributed by atoms with E-state index in [-0.39, 0.29) is 18.0 Å². The Kier molecular flexibility index (Phi) is 3.76. The molecule has 2 aromatic rings. The van der Waals surface area contributed by atoms with E-state index in [0.717, 1.165) is 0 Å². The van der Waals surface area contributed by atoms with Crippen molar-refractivity contribution in [1.29, 1.82) is 5.26 Å². The third-order valence-corrected chi connectivity index (χ3v) is 2.71. The number of ether oxygens (including phenoxy) is 1. The Bertz CT molecular complexity index is 647. The highest BCUT2D eigenvalue weighted by Crippen LogP contribution is 2.18. The number of nitrogens with zero attached hydrogens (tertiary/aromatic N) is 1. The summed E-state index contributed by atoms with van der Waals surface area (Å²) in [5.74, 6) is -0.500. The molecule has 0 aromatic heterocycles. The van der Waals surface area contributed by atoms with Crippen LogP contribution in [-0.2, 0) is 6.61 Å². The minimum Gasteiger partial charge on any atom is -0.489 e. The predicted octanol–water partition coefficient (Wildman–Crippen LogP) is 3.72. The molecule has 19 heavy (non-hydrogen) atoms. The van der Waals surface area contributed by atoms with Crippen LogP contribution in [0.15, 0.2) is 36.4 Å². The maximum absolute atomic E-state index is 13.5. The lowest BCUT2D eigenvalue weighted by Gasteiger charge is -2.08. The van der Waals surface area contributed by atoms with E-state index in [4.69, 9.17) is 10.00 Å². The van der Waals surface area contributed by atoms with Crippen molar-refractivity contribution < 1.29 is 13.5 Å². The Morgan fingerprint density at radius 2 is 1.89 bits per heavy atom. The average Bonchev–Trinajstić information content (AvgIpc) is 2.41. The molecule has 0 saturated heterocycles. The molecule has 0 unspecified atom stereocenters. The van der Waals surface area contributed by atoms with Crippen LogP contribution in [0.4, 0.5) is 8.78 Å². The van der Waals surface area contributed by atoms with Gasteiger partial charge in [-0.2, -0.15) is 5.26 Å². The molecule has 2 aromatic carbocycles. The summed E-state index contributed by atoms with van der Waals surface area (Å²) in [5.41, 5.74) is 1.14. The van der Waals surface area contributed by atoms with Gasteiger partial charge in [0, 0.05) is 11.6 Å². The van der Waals surface area contributed by atoms with E-state index in [2.05, 4.69) is 0 Å². The lowest BCUT2D eigenvalue weighted by Crippen LogP contribution is -1.99. The molecule has 0 heterocycles. The predicted molar refractivity (Wildman–Crippen MR) is 66.6 cm³/mol. The first-order valence-corrected chi connectivity index (χ1v) is 5.67. The van der Waals surface area contributed by atoms with Gasteiger partial charge in [0.1, 0.15) is 24.0 Å². The molecule has 0 spiro atoms. The van der Waals surface area contributed by atoms with Crippen molar-refractivity contribution in [2.75, 3.05) is 0 Å². The van der Waals surface area contributed by atoms with Crippen molar-refractivity contribution in [3.8, 4) is 11.8 Å². The highest BCUT2D eigenvalue weighted by Gasteiger charge is 2.06. The minimum atomic E-state index is -0.452. The van der Waals surface area contributed by atoms with Crippen molar-refractivity contribution >= 4 is 0 Å². The molecule has 96 valence electrons. The fourth-order valence-electron chi connectivity index (χ4n) is 1.58. The van der Waals surface area contributed by atoms with E-state index in [9.17, 15) is 8.78 Å². The first kappa shape index (κ1) is 13.0. The van der Waals surface area contributed by atoms with Gasteiger partial charge < -0.3 is 4.74 Å². The summed E-state index contributed by atoms with van der Waals surface area (Å²) in [6, 6.07) is 10.4. The number of aryl methyl sites for hydroxylation is 1. The topological polar surface area (TPSA) is 33.0 Å². The molecule has 0 amide bonds. The van der Waals surface area contributed by atoms with Crippen LogP contribution in [0.3, 0.4) is 0 Å². The molecule has 2 rings (SSSR count). The standard InChI is InChI=1S/C15H11F2NO/c1-10-2-4-13(7-15(10)17)19-9-12-6-11(8-18)3-5-14(12)16/h2-7H,9H2,1H3. The SMILES string of the molecule is Cc1ccc(OCc2cc(C#N)ccc2F)cc1F. The van der Waals surface area contributed by atoms with Crippen molar-refractivity contribution in [3.63, 3.8) is 0 Å². The van der Waals surface area contributed by atoms with Gasteiger partial charge in [-0.1, -0.05) is 6.07 Å². The van der Waals surface area contributed by atoms with E-state index in [1.54, 1.807) is 19.1 Å². The van der Waals surface area contributed by atoms with Crippen molar-refractivity contribution in [2.45, 2.75) is 13.5 Å². The van der Waals surface area contributed by atoms with E-state index in [0.29, 0.717) is 16.9 Å². The zero-order valence-electron chi connectivity index (χ0n) is 10.3. The summed E-state index contributed by atoms with van der Waals surface area (Å²) in [5, 5.41) is 8.74. The average molecular weight is 259 g/mol. The van der Waals surface area contributed by atoms with Crippen molar-refractivity contribution in [1.82, 2.24) is 0 Å². The quantitative estimate of drug-likeness (QED) is 0.841. The Morgan fingerprint density at radius 1 is 1.11 bits per heavy atom. The number of halogens is 2. The molecule has 0 fully saturated rings. The van der Waals surface area contributed by atoms with Gasteiger partial charge in [-0.3, -0.25) is 0 Å². The lowest BCUT2D eigenvalue weighted by atomic mass is 10.1. The van der Waals surface area contributed by atoms with Crippen LogP contribution in [0.25, 0.3) is 0 Å². The summed E-state index contributed by atoms with van der Waals surface area (Å²) in [7, 11) is 0. The molecule has 0 bridgehead atoms. The van der Waals surface area contributed by atoms with Crippen LogP contribution < -0.4 is 4.74 Å². The molecule has 0 saturated carbocycles. The summed E-state index contributed by atoms with van der Waals surface area (Å²) in [4.78, 5) is 0. The van der Waals surface area contributed by atoms with Gasteiger partial charge >= 0.3 is 0 Å². The van der Waals surface area contributed by atoms with Crippen LogP contribution in [0.2, 0.25) is 0 Å². The molecule has 0 aliphatic carbocycles. The lowest BCUT2D eigenvalue weighted by molar-refractivity contribution is 0.298. The van der Waals surface area contributed by atoms with E-state index in [1.807, 2.05) is 6.07 Å². The Balaban J connectivity index is 2.14. The van der Waals surface area contributed by atoms with Gasteiger partial charge in [0.25, 0.3) is 0 Å². The third kappa shape index (κ3) is 3.08. The summed E-state index contributed by atoms with van der Waals surface area (Å²) >= 11 is 0. The van der Waals surface area contributed by atoms with E-state index < -0.39 is 5.82 Å². The molecule has 0 atom stereocenters. The Morgan fingerprint density at radius 3 is 2.58 bits per heavy atom. The van der Waals surface area contributed by atoms with Gasteiger partial charge in [-0.15, -0.1) is 0 Å². The van der Waals surface area contributed by atoms with Crippen LogP contribution >= 0.6 is 0 Å². The molecule has 4 heteroatoms. The molecular formula is C15H11F2NO. The van der Waals surface area contributed by atoms with Gasteiger partial charge in [-0.25, -0.2) is 8.78 Å². The van der Waals surface area contributed by atoms with Crippen LogP contribution in [-0.4, -0.2) is 0 Å². The number of nitriles is 1. The van der Waals surface area contributed by atoms with Crippen molar-refractivity contribution in [2.24, 2.45) is 0 Å². The Hall–Kier alpha value is -2.41. The maximum atomic E-state index is 13.5.